The van der Waals surface area contributed by atoms with Gasteiger partial charge in [0.15, 0.2) is 5.11 Å². The second-order valence-corrected chi connectivity index (χ2v) is 10.2. The predicted octanol–water partition coefficient (Wildman–Crippen LogP) is 6.25. The van der Waals surface area contributed by atoms with Crippen molar-refractivity contribution in [1.82, 2.24) is 19.8 Å². The average molecular weight is 532 g/mol. The number of aromatic nitrogens is 2. The molecule has 1 aliphatic rings. The van der Waals surface area contributed by atoms with Gasteiger partial charge in [-0.25, -0.2) is 0 Å². The molecule has 1 aliphatic heterocycles. The van der Waals surface area contributed by atoms with E-state index in [1.165, 1.54) is 10.8 Å². The fourth-order valence-electron chi connectivity index (χ4n) is 5.65. The summed E-state index contributed by atoms with van der Waals surface area (Å²) in [5, 5.41) is 9.39. The number of para-hydroxylation sites is 1. The van der Waals surface area contributed by atoms with Gasteiger partial charge in [-0.2, -0.15) is 0 Å². The molecule has 2 atom stereocenters. The van der Waals surface area contributed by atoms with Gasteiger partial charge in [-0.1, -0.05) is 60.7 Å². The van der Waals surface area contributed by atoms with E-state index < -0.39 is 0 Å². The number of fused-ring (bicyclic) bond motifs is 1. The van der Waals surface area contributed by atoms with Gasteiger partial charge < -0.3 is 20.1 Å². The Morgan fingerprint density at radius 2 is 1.69 bits per heavy atom. The van der Waals surface area contributed by atoms with Crippen LogP contribution in [-0.4, -0.2) is 32.0 Å². The first kappa shape index (κ1) is 24.8. The highest BCUT2D eigenvalue weighted by Crippen LogP contribution is 2.41. The molecule has 5 aromatic rings. The molecule has 6 rings (SSSR count). The molecule has 7 heteroatoms. The molecule has 6 nitrogen and oxygen atoms in total. The van der Waals surface area contributed by atoms with Gasteiger partial charge in [-0.15, -0.1) is 0 Å². The van der Waals surface area contributed by atoms with Crippen molar-refractivity contribution in [3.63, 3.8) is 0 Å². The third-order valence-electron chi connectivity index (χ3n) is 7.37. The number of pyridine rings is 1. The molecule has 3 aromatic carbocycles. The largest absolute Gasteiger partial charge is 0.352 e. The Bertz CT molecular complexity index is 1660. The van der Waals surface area contributed by atoms with E-state index in [0.29, 0.717) is 5.11 Å². The van der Waals surface area contributed by atoms with Crippen molar-refractivity contribution in [2.75, 3.05) is 11.9 Å². The van der Waals surface area contributed by atoms with Crippen LogP contribution in [-0.2, 0) is 4.79 Å². The van der Waals surface area contributed by atoms with Crippen molar-refractivity contribution in [2.45, 2.75) is 25.9 Å². The fourth-order valence-corrected chi connectivity index (χ4v) is 5.96. The lowest BCUT2D eigenvalue weighted by atomic mass is 9.96. The van der Waals surface area contributed by atoms with Crippen LogP contribution in [0.1, 0.15) is 34.7 Å². The van der Waals surface area contributed by atoms with Gasteiger partial charge in [0.1, 0.15) is 6.54 Å². The van der Waals surface area contributed by atoms with E-state index in [4.69, 9.17) is 12.2 Å². The third kappa shape index (κ3) is 4.66. The number of nitrogens with one attached hydrogen (secondary N) is 2. The number of rotatable bonds is 6. The zero-order chi connectivity index (χ0) is 26.9. The Morgan fingerprint density at radius 1 is 0.949 bits per heavy atom. The molecule has 2 aromatic heterocycles. The molecule has 0 saturated carbocycles. The second-order valence-electron chi connectivity index (χ2n) is 9.83. The number of thiocarbonyl (C=S) groups is 1. The third-order valence-corrected chi connectivity index (χ3v) is 7.72. The number of aryl methyl sites for hydroxylation is 1. The maximum absolute atomic E-state index is 13.2. The smallest absolute Gasteiger partial charge is 0.244 e. The summed E-state index contributed by atoms with van der Waals surface area (Å²) in [6.07, 6.45) is 1.79. The van der Waals surface area contributed by atoms with E-state index in [9.17, 15) is 4.79 Å². The Hall–Kier alpha value is -4.49. The van der Waals surface area contributed by atoms with Crippen molar-refractivity contribution in [3.8, 4) is 5.69 Å². The molecule has 1 fully saturated rings. The molecule has 39 heavy (non-hydrogen) atoms. The summed E-state index contributed by atoms with van der Waals surface area (Å²) in [5.74, 6) is -0.125. The summed E-state index contributed by atoms with van der Waals surface area (Å²) in [6, 6.07) is 32.0. The SMILES string of the molecule is Cc1cc([C@@H]2[C@@H](c3ccccn3)NC(=S)N2CC(=O)Nc2ccccc2)c(C)n1-c1cccc2ccccc12. The lowest BCUT2D eigenvalue weighted by molar-refractivity contribution is -0.116. The van der Waals surface area contributed by atoms with Gasteiger partial charge in [0.05, 0.1) is 23.5 Å². The first-order chi connectivity index (χ1) is 19.0. The van der Waals surface area contributed by atoms with E-state index in [1.807, 2.05) is 53.4 Å². The van der Waals surface area contributed by atoms with Crippen LogP contribution in [0.5, 0.6) is 0 Å². The van der Waals surface area contributed by atoms with Crippen LogP contribution in [0.2, 0.25) is 0 Å². The van der Waals surface area contributed by atoms with Gasteiger partial charge in [0.2, 0.25) is 5.91 Å². The Balaban J connectivity index is 1.43. The molecule has 1 saturated heterocycles. The number of hydrogen-bond donors (Lipinski definition) is 2. The van der Waals surface area contributed by atoms with Crippen LogP contribution < -0.4 is 10.6 Å². The molecule has 0 spiro atoms. The van der Waals surface area contributed by atoms with E-state index in [1.54, 1.807) is 6.20 Å². The zero-order valence-corrected chi connectivity index (χ0v) is 22.7. The quantitative estimate of drug-likeness (QED) is 0.254. The highest BCUT2D eigenvalue weighted by atomic mass is 32.1. The Kier molecular flexibility index (Phi) is 6.59. The van der Waals surface area contributed by atoms with E-state index >= 15 is 0 Å². The van der Waals surface area contributed by atoms with E-state index in [2.05, 4.69) is 82.6 Å². The number of carbonyl (C=O) groups is 1. The standard InChI is InChI=1S/C32H29N5OS/c1-21-19-26(22(2)37(21)28-17-10-12-23-11-6-7-15-25(23)28)31-30(27-16-8-9-18-33-27)35-32(39)36(31)20-29(38)34-24-13-4-3-5-14-24/h3-19,30-31H,20H2,1-2H3,(H,34,38)(H,35,39)/t30-,31-/m1/s1. The van der Waals surface area contributed by atoms with Gasteiger partial charge >= 0.3 is 0 Å². The number of benzene rings is 3. The van der Waals surface area contributed by atoms with Crippen molar-refractivity contribution < 1.29 is 4.79 Å². The van der Waals surface area contributed by atoms with Gasteiger partial charge in [0, 0.05) is 28.7 Å². The van der Waals surface area contributed by atoms with Crippen molar-refractivity contribution in [2.24, 2.45) is 0 Å². The fraction of sp³-hybridized carbons (Fsp3) is 0.156. The molecular formula is C32H29N5OS. The molecule has 0 unspecified atom stereocenters. The summed E-state index contributed by atoms with van der Waals surface area (Å²) < 4.78 is 2.30. The first-order valence-corrected chi connectivity index (χ1v) is 13.4. The van der Waals surface area contributed by atoms with Gasteiger partial charge in [-0.05, 0) is 73.4 Å². The minimum absolute atomic E-state index is 0.118. The van der Waals surface area contributed by atoms with Crippen LogP contribution in [0.25, 0.3) is 16.5 Å². The lowest BCUT2D eigenvalue weighted by Gasteiger charge is -2.27. The monoisotopic (exact) mass is 531 g/mol. The van der Waals surface area contributed by atoms with Crippen LogP contribution in [0.15, 0.2) is 103 Å². The van der Waals surface area contributed by atoms with Crippen molar-refractivity contribution in [3.05, 3.63) is 126 Å². The van der Waals surface area contributed by atoms with Crippen LogP contribution in [0.3, 0.4) is 0 Å². The van der Waals surface area contributed by atoms with Crippen LogP contribution in [0.4, 0.5) is 5.69 Å². The summed E-state index contributed by atoms with van der Waals surface area (Å²) in [4.78, 5) is 19.8. The Labute approximate surface area is 233 Å². The Morgan fingerprint density at radius 3 is 2.49 bits per heavy atom. The average Bonchev–Trinajstić information content (AvgIpc) is 3.43. The maximum atomic E-state index is 13.2. The summed E-state index contributed by atoms with van der Waals surface area (Å²) in [7, 11) is 0. The van der Waals surface area contributed by atoms with E-state index in [0.717, 1.165) is 34.0 Å². The van der Waals surface area contributed by atoms with Crippen LogP contribution >= 0.6 is 12.2 Å². The highest BCUT2D eigenvalue weighted by molar-refractivity contribution is 7.80. The number of anilines is 1. The first-order valence-electron chi connectivity index (χ1n) is 13.0. The molecule has 0 bridgehead atoms. The topological polar surface area (TPSA) is 62.2 Å². The molecular weight excluding hydrogens is 502 g/mol. The molecule has 0 aliphatic carbocycles. The van der Waals surface area contributed by atoms with Crippen LogP contribution in [0, 0.1) is 13.8 Å². The molecule has 0 radical (unpaired) electrons. The normalized spacial score (nSPS) is 16.9. The van der Waals surface area contributed by atoms with E-state index in [-0.39, 0.29) is 24.5 Å². The van der Waals surface area contributed by atoms with Gasteiger partial charge in [0.25, 0.3) is 0 Å². The lowest BCUT2D eigenvalue weighted by Crippen LogP contribution is -2.37. The minimum atomic E-state index is -0.219. The zero-order valence-electron chi connectivity index (χ0n) is 21.8. The number of amides is 1. The van der Waals surface area contributed by atoms with Crippen molar-refractivity contribution in [1.29, 1.82) is 0 Å². The minimum Gasteiger partial charge on any atom is -0.352 e. The molecule has 194 valence electrons. The molecule has 2 N–H and O–H groups in total. The number of nitrogens with zero attached hydrogens (tertiary/aromatic N) is 3. The second kappa shape index (κ2) is 10.3. The van der Waals surface area contributed by atoms with Crippen molar-refractivity contribution >= 4 is 39.7 Å². The maximum Gasteiger partial charge on any atom is 0.244 e. The molecule has 1 amide bonds. The van der Waals surface area contributed by atoms with Gasteiger partial charge in [-0.3, -0.25) is 9.78 Å². The molecule has 3 heterocycles. The summed E-state index contributed by atoms with van der Waals surface area (Å²) in [6.45, 7) is 4.39. The summed E-state index contributed by atoms with van der Waals surface area (Å²) >= 11 is 5.82. The highest BCUT2D eigenvalue weighted by Gasteiger charge is 2.42. The number of carbonyl (C=O) groups excluding carboxylic acids is 1. The number of hydrogen-bond acceptors (Lipinski definition) is 3. The predicted molar refractivity (Wildman–Crippen MR) is 160 cm³/mol. The summed E-state index contributed by atoms with van der Waals surface area (Å²) in [5.41, 5.74) is 6.10.